The van der Waals surface area contributed by atoms with Gasteiger partial charge in [-0.2, -0.15) is 0 Å². The molecule has 1 aliphatic rings. The molecule has 0 amide bonds. The second-order valence-corrected chi connectivity index (χ2v) is 8.16. The van der Waals surface area contributed by atoms with Crippen LogP contribution in [0.25, 0.3) is 0 Å². The molecule has 2 aromatic carbocycles. The highest BCUT2D eigenvalue weighted by molar-refractivity contribution is 9.10. The van der Waals surface area contributed by atoms with Gasteiger partial charge >= 0.3 is 0 Å². The van der Waals surface area contributed by atoms with Gasteiger partial charge in [0.2, 0.25) is 0 Å². The largest absolute Gasteiger partial charge is 0.493 e. The minimum absolute atomic E-state index is 0.523. The predicted octanol–water partition coefficient (Wildman–Crippen LogP) is 6.24. The maximum Gasteiger partial charge on any atom is 0.175 e. The molecule has 0 atom stereocenters. The van der Waals surface area contributed by atoms with Crippen molar-refractivity contribution in [2.45, 2.75) is 64.1 Å². The van der Waals surface area contributed by atoms with E-state index >= 15 is 0 Å². The van der Waals surface area contributed by atoms with Crippen LogP contribution in [0.3, 0.4) is 0 Å². The molecule has 0 aromatic heterocycles. The van der Waals surface area contributed by atoms with Gasteiger partial charge in [0.25, 0.3) is 0 Å². The molecule has 0 radical (unpaired) electrons. The van der Waals surface area contributed by atoms with E-state index in [2.05, 4.69) is 45.5 Å². The van der Waals surface area contributed by atoms with Crippen LogP contribution in [-0.4, -0.2) is 13.2 Å². The summed E-state index contributed by atoms with van der Waals surface area (Å²) in [6, 6.07) is 15.0. The van der Waals surface area contributed by atoms with Gasteiger partial charge in [0.1, 0.15) is 6.61 Å². The lowest BCUT2D eigenvalue weighted by molar-refractivity contribution is 0.282. The molecule has 2 aromatic rings. The first-order valence-corrected chi connectivity index (χ1v) is 10.8. The highest BCUT2D eigenvalue weighted by Crippen LogP contribution is 2.37. The quantitative estimate of drug-likeness (QED) is 0.562. The molecule has 4 heteroatoms. The average Bonchev–Trinajstić information content (AvgIpc) is 2.66. The van der Waals surface area contributed by atoms with Gasteiger partial charge in [0, 0.05) is 12.6 Å². The van der Waals surface area contributed by atoms with E-state index in [0.29, 0.717) is 12.6 Å². The molecular formula is C23H30BrNO2. The van der Waals surface area contributed by atoms with Crippen LogP contribution in [0.1, 0.15) is 56.1 Å². The molecule has 0 spiro atoms. The molecule has 3 nitrogen and oxygen atoms in total. The summed E-state index contributed by atoms with van der Waals surface area (Å²) in [5.41, 5.74) is 2.36. The van der Waals surface area contributed by atoms with Crippen molar-refractivity contribution in [1.82, 2.24) is 5.32 Å². The third kappa shape index (κ3) is 6.25. The standard InChI is InChI=1S/C23H30BrNO2/c1-26-22-15-19(16-25-20-12-8-3-2-4-9-13-20)14-21(24)23(22)27-17-18-10-6-5-7-11-18/h5-7,10-11,14-15,20,25H,2-4,8-9,12-13,16-17H2,1H3. The van der Waals surface area contributed by atoms with Crippen LogP contribution in [0.5, 0.6) is 11.5 Å². The van der Waals surface area contributed by atoms with Crippen LogP contribution in [-0.2, 0) is 13.2 Å². The zero-order chi connectivity index (χ0) is 18.9. The Balaban J connectivity index is 1.62. The third-order valence-electron chi connectivity index (χ3n) is 5.22. The monoisotopic (exact) mass is 431 g/mol. The summed E-state index contributed by atoms with van der Waals surface area (Å²) in [7, 11) is 1.70. The molecule has 0 bridgehead atoms. The lowest BCUT2D eigenvalue weighted by atomic mass is 9.96. The fraction of sp³-hybridized carbons (Fsp3) is 0.478. The minimum atomic E-state index is 0.523. The van der Waals surface area contributed by atoms with Crippen LogP contribution in [0.2, 0.25) is 0 Å². The van der Waals surface area contributed by atoms with Gasteiger partial charge in [-0.05, 0) is 52.0 Å². The molecule has 0 unspecified atom stereocenters. The van der Waals surface area contributed by atoms with Gasteiger partial charge in [0.15, 0.2) is 11.5 Å². The summed E-state index contributed by atoms with van der Waals surface area (Å²) < 4.78 is 12.6. The predicted molar refractivity (Wildman–Crippen MR) is 114 cm³/mol. The molecule has 0 heterocycles. The number of methoxy groups -OCH3 is 1. The van der Waals surface area contributed by atoms with Crippen molar-refractivity contribution in [2.24, 2.45) is 0 Å². The van der Waals surface area contributed by atoms with Crippen LogP contribution in [0.15, 0.2) is 46.9 Å². The Morgan fingerprint density at radius 1 is 0.963 bits per heavy atom. The SMILES string of the molecule is COc1cc(CNC2CCCCCCC2)cc(Br)c1OCc1ccccc1. The molecule has 1 N–H and O–H groups in total. The normalized spacial score (nSPS) is 15.8. The van der Waals surface area contributed by atoms with E-state index in [1.165, 1.54) is 50.5 Å². The lowest BCUT2D eigenvalue weighted by Gasteiger charge is -2.21. The smallest absolute Gasteiger partial charge is 0.175 e. The van der Waals surface area contributed by atoms with E-state index in [4.69, 9.17) is 9.47 Å². The summed E-state index contributed by atoms with van der Waals surface area (Å²) >= 11 is 3.67. The van der Waals surface area contributed by atoms with Crippen LogP contribution in [0, 0.1) is 0 Å². The fourth-order valence-electron chi connectivity index (χ4n) is 3.67. The maximum atomic E-state index is 6.03. The summed E-state index contributed by atoms with van der Waals surface area (Å²) in [6.45, 7) is 1.38. The van der Waals surface area contributed by atoms with E-state index < -0.39 is 0 Å². The van der Waals surface area contributed by atoms with Gasteiger partial charge < -0.3 is 14.8 Å². The van der Waals surface area contributed by atoms with Crippen molar-refractivity contribution in [1.29, 1.82) is 0 Å². The first-order chi connectivity index (χ1) is 13.3. The number of rotatable bonds is 7. The third-order valence-corrected chi connectivity index (χ3v) is 5.80. The van der Waals surface area contributed by atoms with Crippen LogP contribution < -0.4 is 14.8 Å². The Hall–Kier alpha value is -1.52. The van der Waals surface area contributed by atoms with E-state index in [1.807, 2.05) is 18.2 Å². The van der Waals surface area contributed by atoms with Crippen molar-refractivity contribution in [3.63, 3.8) is 0 Å². The van der Waals surface area contributed by atoms with Crippen molar-refractivity contribution < 1.29 is 9.47 Å². The van der Waals surface area contributed by atoms with Gasteiger partial charge in [-0.15, -0.1) is 0 Å². The van der Waals surface area contributed by atoms with Crippen LogP contribution in [0.4, 0.5) is 0 Å². The molecule has 146 valence electrons. The van der Waals surface area contributed by atoms with Crippen molar-refractivity contribution in [3.05, 3.63) is 58.1 Å². The summed E-state index contributed by atoms with van der Waals surface area (Å²) in [4.78, 5) is 0. The molecule has 1 aliphatic carbocycles. The molecule has 1 fully saturated rings. The number of benzene rings is 2. The molecular weight excluding hydrogens is 402 g/mol. The van der Waals surface area contributed by atoms with Crippen molar-refractivity contribution in [2.75, 3.05) is 7.11 Å². The van der Waals surface area contributed by atoms with E-state index in [1.54, 1.807) is 7.11 Å². The molecule has 0 saturated heterocycles. The maximum absolute atomic E-state index is 6.03. The lowest BCUT2D eigenvalue weighted by Crippen LogP contribution is -2.29. The Morgan fingerprint density at radius 3 is 2.37 bits per heavy atom. The van der Waals surface area contributed by atoms with Crippen molar-refractivity contribution in [3.8, 4) is 11.5 Å². The molecule has 27 heavy (non-hydrogen) atoms. The first-order valence-electron chi connectivity index (χ1n) is 10.0. The van der Waals surface area contributed by atoms with Gasteiger partial charge in [-0.1, -0.05) is 62.4 Å². The van der Waals surface area contributed by atoms with Gasteiger partial charge in [0.05, 0.1) is 11.6 Å². The molecule has 1 saturated carbocycles. The van der Waals surface area contributed by atoms with Gasteiger partial charge in [-0.25, -0.2) is 0 Å². The molecule has 3 rings (SSSR count). The zero-order valence-corrected chi connectivity index (χ0v) is 17.8. The highest BCUT2D eigenvalue weighted by atomic mass is 79.9. The Morgan fingerprint density at radius 2 is 1.67 bits per heavy atom. The van der Waals surface area contributed by atoms with Gasteiger partial charge in [-0.3, -0.25) is 0 Å². The zero-order valence-electron chi connectivity index (χ0n) is 16.2. The minimum Gasteiger partial charge on any atom is -0.493 e. The Labute approximate surface area is 171 Å². The topological polar surface area (TPSA) is 30.5 Å². The number of hydrogen-bond acceptors (Lipinski definition) is 3. The summed E-state index contributed by atoms with van der Waals surface area (Å²) in [5.74, 6) is 1.53. The van der Waals surface area contributed by atoms with E-state index in [9.17, 15) is 0 Å². The summed E-state index contributed by atoms with van der Waals surface area (Å²) in [5, 5.41) is 3.74. The van der Waals surface area contributed by atoms with Crippen LogP contribution >= 0.6 is 15.9 Å². The number of ether oxygens (including phenoxy) is 2. The second kappa shape index (κ2) is 10.7. The van der Waals surface area contributed by atoms with E-state index in [0.717, 1.165) is 28.1 Å². The first kappa shape index (κ1) is 20.2. The molecule has 0 aliphatic heterocycles. The fourth-order valence-corrected chi connectivity index (χ4v) is 4.27. The second-order valence-electron chi connectivity index (χ2n) is 7.31. The average molecular weight is 432 g/mol. The van der Waals surface area contributed by atoms with E-state index in [-0.39, 0.29) is 0 Å². The number of hydrogen-bond donors (Lipinski definition) is 1. The highest BCUT2D eigenvalue weighted by Gasteiger charge is 2.14. The Kier molecular flexibility index (Phi) is 8.03. The number of nitrogens with one attached hydrogen (secondary N) is 1. The Bertz CT molecular complexity index is 697. The summed E-state index contributed by atoms with van der Waals surface area (Å²) in [6.07, 6.45) is 9.43. The number of halogens is 1. The van der Waals surface area contributed by atoms with Crippen molar-refractivity contribution >= 4 is 15.9 Å².